The second-order valence-corrected chi connectivity index (χ2v) is 8.15. The van der Waals surface area contributed by atoms with E-state index in [-0.39, 0.29) is 5.41 Å². The maximum Gasteiger partial charge on any atom is 0.230 e. The highest BCUT2D eigenvalue weighted by molar-refractivity contribution is 5.98. The monoisotopic (exact) mass is 342 g/mol. The third-order valence-electron chi connectivity index (χ3n) is 6.39. The minimum atomic E-state index is 0.211. The Hall–Kier alpha value is -1.35. The summed E-state index contributed by atoms with van der Waals surface area (Å²) in [5.41, 5.74) is 2.83. The molecule has 1 saturated heterocycles. The second-order valence-electron chi connectivity index (χ2n) is 8.15. The molecule has 0 aromatic heterocycles. The molecule has 0 N–H and O–H groups in total. The number of fused-ring (bicyclic) bond motifs is 2. The molecule has 3 heteroatoms. The van der Waals surface area contributed by atoms with Crippen LogP contribution in [0.2, 0.25) is 0 Å². The van der Waals surface area contributed by atoms with E-state index >= 15 is 0 Å². The van der Waals surface area contributed by atoms with E-state index in [0.717, 1.165) is 32.5 Å². The number of amides is 1. The minimum absolute atomic E-state index is 0.211. The van der Waals surface area contributed by atoms with Gasteiger partial charge in [0.25, 0.3) is 0 Å². The summed E-state index contributed by atoms with van der Waals surface area (Å²) in [7, 11) is 2.20. The molecule has 1 spiro atoms. The summed E-state index contributed by atoms with van der Waals surface area (Å²) in [4.78, 5) is 17.3. The standard InChI is InChI=1S/C18H24N2O.C4H10/c1-19-11-9-18(10-12-19)13-20(17(21)14-5-4-6-14)16-8-3-2-7-15(16)18;1-3-4-2/h2-3,7-8,14H,4-6,9-13H2,1H3;3-4H2,1-2H3. The largest absolute Gasteiger partial charge is 0.311 e. The highest BCUT2D eigenvalue weighted by atomic mass is 16.2. The van der Waals surface area contributed by atoms with Crippen molar-refractivity contribution in [3.8, 4) is 0 Å². The van der Waals surface area contributed by atoms with Gasteiger partial charge in [0.2, 0.25) is 5.91 Å². The number of hydrogen-bond acceptors (Lipinski definition) is 2. The number of rotatable bonds is 2. The molecule has 1 amide bonds. The number of likely N-dealkylation sites (tertiary alicyclic amines) is 1. The van der Waals surface area contributed by atoms with Crippen LogP contribution in [0.3, 0.4) is 0 Å². The van der Waals surface area contributed by atoms with E-state index in [1.807, 2.05) is 0 Å². The Kier molecular flexibility index (Phi) is 5.83. The normalized spacial score (nSPS) is 22.1. The van der Waals surface area contributed by atoms with Crippen LogP contribution in [0.5, 0.6) is 0 Å². The average Bonchev–Trinajstić information content (AvgIpc) is 2.91. The van der Waals surface area contributed by atoms with Crippen LogP contribution < -0.4 is 4.90 Å². The van der Waals surface area contributed by atoms with Gasteiger partial charge in [-0.3, -0.25) is 4.79 Å². The number of nitrogens with zero attached hydrogens (tertiary/aromatic N) is 2. The maximum absolute atomic E-state index is 12.8. The fourth-order valence-electron chi connectivity index (χ4n) is 4.18. The molecule has 0 radical (unpaired) electrons. The number of hydrogen-bond donors (Lipinski definition) is 0. The molecule has 1 aliphatic carbocycles. The van der Waals surface area contributed by atoms with Crippen molar-refractivity contribution in [3.63, 3.8) is 0 Å². The Balaban J connectivity index is 0.000000415. The molecule has 0 bridgehead atoms. The smallest absolute Gasteiger partial charge is 0.230 e. The lowest BCUT2D eigenvalue weighted by Gasteiger charge is -2.38. The molecule has 138 valence electrons. The molecule has 3 aliphatic rings. The average molecular weight is 343 g/mol. The maximum atomic E-state index is 12.8. The van der Waals surface area contributed by atoms with Crippen LogP contribution in [0.1, 0.15) is 64.4 Å². The fourth-order valence-corrected chi connectivity index (χ4v) is 4.18. The lowest BCUT2D eigenvalue weighted by molar-refractivity contribution is -0.124. The van der Waals surface area contributed by atoms with Gasteiger partial charge in [-0.25, -0.2) is 0 Å². The minimum Gasteiger partial charge on any atom is -0.311 e. The van der Waals surface area contributed by atoms with E-state index in [2.05, 4.69) is 55.0 Å². The van der Waals surface area contributed by atoms with Crippen LogP contribution in [0.4, 0.5) is 5.69 Å². The first-order chi connectivity index (χ1) is 12.1. The van der Waals surface area contributed by atoms with Crippen LogP contribution in [0, 0.1) is 5.92 Å². The molecule has 1 aromatic rings. The van der Waals surface area contributed by atoms with Gasteiger partial charge in [0, 0.05) is 23.6 Å². The van der Waals surface area contributed by atoms with Crippen molar-refractivity contribution in [3.05, 3.63) is 29.8 Å². The Labute approximate surface area is 153 Å². The molecule has 2 heterocycles. The summed E-state index contributed by atoms with van der Waals surface area (Å²) < 4.78 is 0. The summed E-state index contributed by atoms with van der Waals surface area (Å²) >= 11 is 0. The van der Waals surface area contributed by atoms with Gasteiger partial charge in [0.15, 0.2) is 0 Å². The van der Waals surface area contributed by atoms with Gasteiger partial charge in [-0.05, 0) is 57.5 Å². The van der Waals surface area contributed by atoms with Crippen molar-refractivity contribution < 1.29 is 4.79 Å². The van der Waals surface area contributed by atoms with E-state index in [1.165, 1.54) is 43.4 Å². The van der Waals surface area contributed by atoms with Gasteiger partial charge in [0.1, 0.15) is 0 Å². The van der Waals surface area contributed by atoms with Gasteiger partial charge < -0.3 is 9.80 Å². The zero-order valence-corrected chi connectivity index (χ0v) is 16.3. The van der Waals surface area contributed by atoms with Crippen LogP contribution in [0.25, 0.3) is 0 Å². The van der Waals surface area contributed by atoms with E-state index in [1.54, 1.807) is 0 Å². The van der Waals surface area contributed by atoms with Gasteiger partial charge >= 0.3 is 0 Å². The van der Waals surface area contributed by atoms with Gasteiger partial charge in [0.05, 0.1) is 0 Å². The van der Waals surface area contributed by atoms with Crippen LogP contribution in [-0.4, -0.2) is 37.5 Å². The lowest BCUT2D eigenvalue weighted by Crippen LogP contribution is -2.46. The zero-order chi connectivity index (χ0) is 17.9. The highest BCUT2D eigenvalue weighted by Crippen LogP contribution is 2.47. The zero-order valence-electron chi connectivity index (χ0n) is 16.3. The SMILES string of the molecule is CCCC.CN1CCC2(CC1)CN(C(=O)C1CCC1)c1ccccc12. The first-order valence-corrected chi connectivity index (χ1v) is 10.2. The Morgan fingerprint density at radius 2 is 1.76 bits per heavy atom. The molecule has 0 atom stereocenters. The summed E-state index contributed by atoms with van der Waals surface area (Å²) in [6.07, 6.45) is 8.40. The van der Waals surface area contributed by atoms with Crippen molar-refractivity contribution in [2.75, 3.05) is 31.6 Å². The third kappa shape index (κ3) is 3.62. The molecule has 1 aromatic carbocycles. The number of unbranched alkanes of at least 4 members (excludes halogenated alkanes) is 1. The lowest BCUT2D eigenvalue weighted by atomic mass is 9.74. The second kappa shape index (κ2) is 7.90. The summed E-state index contributed by atoms with van der Waals surface area (Å²) in [6, 6.07) is 8.62. The molecule has 0 unspecified atom stereocenters. The van der Waals surface area contributed by atoms with Crippen molar-refractivity contribution in [1.29, 1.82) is 0 Å². The highest BCUT2D eigenvalue weighted by Gasteiger charge is 2.47. The Morgan fingerprint density at radius 3 is 2.32 bits per heavy atom. The topological polar surface area (TPSA) is 23.6 Å². The number of piperidine rings is 1. The molecular formula is C22H34N2O. The molecule has 25 heavy (non-hydrogen) atoms. The number of benzene rings is 1. The molecule has 2 fully saturated rings. The summed E-state index contributed by atoms with van der Waals surface area (Å²) in [6.45, 7) is 7.55. The Bertz CT molecular complexity index is 583. The van der Waals surface area contributed by atoms with Crippen molar-refractivity contribution in [2.24, 2.45) is 5.92 Å². The van der Waals surface area contributed by atoms with Crippen molar-refractivity contribution in [1.82, 2.24) is 4.90 Å². The van der Waals surface area contributed by atoms with Crippen LogP contribution in [0.15, 0.2) is 24.3 Å². The number of anilines is 1. The van der Waals surface area contributed by atoms with Crippen molar-refractivity contribution in [2.45, 2.75) is 64.2 Å². The quantitative estimate of drug-likeness (QED) is 0.784. The molecular weight excluding hydrogens is 308 g/mol. The molecule has 1 saturated carbocycles. The van der Waals surface area contributed by atoms with Crippen LogP contribution in [-0.2, 0) is 10.2 Å². The predicted octanol–water partition coefficient (Wildman–Crippen LogP) is 4.60. The number of carbonyl (C=O) groups is 1. The van der Waals surface area contributed by atoms with E-state index in [9.17, 15) is 4.79 Å². The van der Waals surface area contributed by atoms with Crippen molar-refractivity contribution >= 4 is 11.6 Å². The van der Waals surface area contributed by atoms with E-state index in [0.29, 0.717) is 11.8 Å². The first-order valence-electron chi connectivity index (χ1n) is 10.2. The van der Waals surface area contributed by atoms with Gasteiger partial charge in [-0.1, -0.05) is 51.3 Å². The first kappa shape index (κ1) is 18.4. The summed E-state index contributed by atoms with van der Waals surface area (Å²) in [5.74, 6) is 0.670. The number of carbonyl (C=O) groups excluding carboxylic acids is 1. The van der Waals surface area contributed by atoms with E-state index in [4.69, 9.17) is 0 Å². The fraction of sp³-hybridized carbons (Fsp3) is 0.682. The third-order valence-corrected chi connectivity index (χ3v) is 6.39. The van der Waals surface area contributed by atoms with Gasteiger partial charge in [-0.2, -0.15) is 0 Å². The number of para-hydroxylation sites is 1. The molecule has 4 rings (SSSR count). The predicted molar refractivity (Wildman–Crippen MR) is 105 cm³/mol. The molecule has 3 nitrogen and oxygen atoms in total. The Morgan fingerprint density at radius 1 is 1.12 bits per heavy atom. The van der Waals surface area contributed by atoms with E-state index < -0.39 is 0 Å². The summed E-state index contributed by atoms with van der Waals surface area (Å²) in [5, 5.41) is 0. The van der Waals surface area contributed by atoms with Gasteiger partial charge in [-0.15, -0.1) is 0 Å². The van der Waals surface area contributed by atoms with Crippen LogP contribution >= 0.6 is 0 Å². The molecule has 2 aliphatic heterocycles.